The third-order valence-electron chi connectivity index (χ3n) is 3.27. The van der Waals surface area contributed by atoms with Gasteiger partial charge in [-0.15, -0.1) is 0 Å². The Hall–Kier alpha value is -0.660. The predicted octanol–water partition coefficient (Wildman–Crippen LogP) is 0.482. The zero-order valence-corrected chi connectivity index (χ0v) is 12.8. The van der Waals surface area contributed by atoms with Crippen LogP contribution in [0.25, 0.3) is 0 Å². The number of rotatable bonds is 6. The number of ether oxygens (including phenoxy) is 2. The van der Waals surface area contributed by atoms with E-state index in [0.29, 0.717) is 6.54 Å². The van der Waals surface area contributed by atoms with Crippen LogP contribution in [0.15, 0.2) is 0 Å². The molecule has 0 radical (unpaired) electrons. The summed E-state index contributed by atoms with van der Waals surface area (Å²) in [5.41, 5.74) is 0. The van der Waals surface area contributed by atoms with Gasteiger partial charge in [-0.3, -0.25) is 4.79 Å². The fourth-order valence-corrected chi connectivity index (χ4v) is 3.54. The Morgan fingerprint density at radius 2 is 2.00 bits per heavy atom. The third kappa shape index (κ3) is 4.43. The number of carbonyl (C=O) groups excluding carboxylic acids is 1. The molecular weight excluding hydrogens is 270 g/mol. The van der Waals surface area contributed by atoms with E-state index in [2.05, 4.69) is 0 Å². The molecule has 0 bridgehead atoms. The Morgan fingerprint density at radius 1 is 1.37 bits per heavy atom. The molecule has 2 unspecified atom stereocenters. The van der Waals surface area contributed by atoms with Gasteiger partial charge in [0, 0.05) is 13.1 Å². The van der Waals surface area contributed by atoms with Gasteiger partial charge in [0.25, 0.3) is 0 Å². The van der Waals surface area contributed by atoms with Crippen molar-refractivity contribution in [2.75, 3.05) is 32.6 Å². The molecule has 0 aromatic carbocycles. The quantitative estimate of drug-likeness (QED) is 0.666. The molecule has 1 rings (SSSR count). The van der Waals surface area contributed by atoms with Crippen LogP contribution in [0, 0.1) is 11.8 Å². The zero-order valence-electron chi connectivity index (χ0n) is 12.0. The summed E-state index contributed by atoms with van der Waals surface area (Å²) in [6, 6.07) is 0. The van der Waals surface area contributed by atoms with Crippen molar-refractivity contribution in [2.24, 2.45) is 11.8 Å². The van der Waals surface area contributed by atoms with E-state index in [1.54, 1.807) is 0 Å². The first kappa shape index (κ1) is 16.4. The van der Waals surface area contributed by atoms with Crippen molar-refractivity contribution in [3.05, 3.63) is 0 Å². The number of hydrogen-bond acceptors (Lipinski definition) is 5. The highest BCUT2D eigenvalue weighted by Gasteiger charge is 2.40. The highest BCUT2D eigenvalue weighted by molar-refractivity contribution is 7.89. The van der Waals surface area contributed by atoms with Gasteiger partial charge in [0.2, 0.25) is 10.0 Å². The Balaban J connectivity index is 2.59. The first-order chi connectivity index (χ1) is 8.77. The zero-order chi connectivity index (χ0) is 14.6. The lowest BCUT2D eigenvalue weighted by Crippen LogP contribution is -2.33. The molecule has 2 atom stereocenters. The second kappa shape index (κ2) is 6.67. The van der Waals surface area contributed by atoms with Gasteiger partial charge in [-0.05, 0) is 19.8 Å². The maximum Gasteiger partial charge on any atom is 0.310 e. The SMILES string of the molecule is COC(=O)C1CN(S(=O)(=O)CCOC(C)C)CC1C. The number of hydrogen-bond donors (Lipinski definition) is 0. The molecule has 0 aliphatic carbocycles. The summed E-state index contributed by atoms with van der Waals surface area (Å²) in [5, 5.41) is 0. The second-order valence-corrected chi connectivity index (χ2v) is 7.25. The van der Waals surface area contributed by atoms with E-state index >= 15 is 0 Å². The van der Waals surface area contributed by atoms with E-state index in [-0.39, 0.29) is 42.8 Å². The molecule has 112 valence electrons. The Morgan fingerprint density at radius 3 is 2.53 bits per heavy atom. The molecule has 1 aliphatic rings. The fourth-order valence-electron chi connectivity index (χ4n) is 2.13. The van der Waals surface area contributed by atoms with Gasteiger partial charge >= 0.3 is 5.97 Å². The third-order valence-corrected chi connectivity index (χ3v) is 5.04. The summed E-state index contributed by atoms with van der Waals surface area (Å²) in [6.45, 7) is 6.33. The Labute approximate surface area is 115 Å². The highest BCUT2D eigenvalue weighted by Crippen LogP contribution is 2.26. The molecule has 7 heteroatoms. The molecule has 6 nitrogen and oxygen atoms in total. The number of sulfonamides is 1. The summed E-state index contributed by atoms with van der Waals surface area (Å²) >= 11 is 0. The van der Waals surface area contributed by atoms with Crippen LogP contribution in [-0.4, -0.2) is 57.4 Å². The van der Waals surface area contributed by atoms with Crippen molar-refractivity contribution in [2.45, 2.75) is 26.9 Å². The van der Waals surface area contributed by atoms with E-state index < -0.39 is 10.0 Å². The molecule has 1 heterocycles. The molecule has 19 heavy (non-hydrogen) atoms. The van der Waals surface area contributed by atoms with Crippen LogP contribution < -0.4 is 0 Å². The van der Waals surface area contributed by atoms with Gasteiger partial charge in [-0.2, -0.15) is 0 Å². The van der Waals surface area contributed by atoms with Crippen molar-refractivity contribution >= 4 is 16.0 Å². The van der Waals surface area contributed by atoms with Crippen molar-refractivity contribution in [1.29, 1.82) is 0 Å². The van der Waals surface area contributed by atoms with Crippen molar-refractivity contribution in [1.82, 2.24) is 4.31 Å². The van der Waals surface area contributed by atoms with Crippen LogP contribution in [0.4, 0.5) is 0 Å². The molecule has 0 N–H and O–H groups in total. The predicted molar refractivity (Wildman–Crippen MR) is 71.1 cm³/mol. The smallest absolute Gasteiger partial charge is 0.310 e. The van der Waals surface area contributed by atoms with Crippen LogP contribution in [-0.2, 0) is 24.3 Å². The van der Waals surface area contributed by atoms with Gasteiger partial charge in [-0.1, -0.05) is 6.92 Å². The number of carbonyl (C=O) groups is 1. The normalized spacial score (nSPS) is 24.9. The van der Waals surface area contributed by atoms with Crippen LogP contribution in [0.1, 0.15) is 20.8 Å². The monoisotopic (exact) mass is 293 g/mol. The average Bonchev–Trinajstić information content (AvgIpc) is 2.70. The van der Waals surface area contributed by atoms with E-state index in [4.69, 9.17) is 9.47 Å². The number of esters is 1. The van der Waals surface area contributed by atoms with Gasteiger partial charge in [0.15, 0.2) is 0 Å². The molecule has 1 fully saturated rings. The lowest BCUT2D eigenvalue weighted by Gasteiger charge is -2.16. The molecule has 0 aromatic heterocycles. The lowest BCUT2D eigenvalue weighted by atomic mass is 9.99. The lowest BCUT2D eigenvalue weighted by molar-refractivity contribution is -0.145. The summed E-state index contributed by atoms with van der Waals surface area (Å²) in [7, 11) is -2.04. The first-order valence-electron chi connectivity index (χ1n) is 6.45. The average molecular weight is 293 g/mol. The molecule has 0 spiro atoms. The summed E-state index contributed by atoms with van der Waals surface area (Å²) in [5.74, 6) is -0.783. The van der Waals surface area contributed by atoms with Crippen molar-refractivity contribution in [3.63, 3.8) is 0 Å². The molecule has 1 saturated heterocycles. The minimum absolute atomic E-state index is 0.00974. The van der Waals surface area contributed by atoms with E-state index in [9.17, 15) is 13.2 Å². The van der Waals surface area contributed by atoms with Crippen LogP contribution in [0.2, 0.25) is 0 Å². The maximum absolute atomic E-state index is 12.1. The van der Waals surface area contributed by atoms with Crippen LogP contribution >= 0.6 is 0 Å². The second-order valence-electron chi connectivity index (χ2n) is 5.16. The summed E-state index contributed by atoms with van der Waals surface area (Å²) < 4.78 is 35.5. The minimum Gasteiger partial charge on any atom is -0.469 e. The molecule has 1 aliphatic heterocycles. The van der Waals surface area contributed by atoms with Gasteiger partial charge in [0.05, 0.1) is 31.5 Å². The largest absolute Gasteiger partial charge is 0.469 e. The summed E-state index contributed by atoms with van der Waals surface area (Å²) in [4.78, 5) is 11.5. The molecule has 0 amide bonds. The summed E-state index contributed by atoms with van der Waals surface area (Å²) in [6.07, 6.45) is 0.00974. The first-order valence-corrected chi connectivity index (χ1v) is 8.06. The number of methoxy groups -OCH3 is 1. The van der Waals surface area contributed by atoms with Gasteiger partial charge in [-0.25, -0.2) is 12.7 Å². The van der Waals surface area contributed by atoms with E-state index in [0.717, 1.165) is 0 Å². The molecule has 0 saturated carbocycles. The fraction of sp³-hybridized carbons (Fsp3) is 0.917. The Kier molecular flexibility index (Phi) is 5.76. The van der Waals surface area contributed by atoms with E-state index in [1.165, 1.54) is 11.4 Å². The topological polar surface area (TPSA) is 72.9 Å². The van der Waals surface area contributed by atoms with Gasteiger partial charge in [0.1, 0.15) is 0 Å². The van der Waals surface area contributed by atoms with Crippen LogP contribution in [0.5, 0.6) is 0 Å². The van der Waals surface area contributed by atoms with Crippen molar-refractivity contribution < 1.29 is 22.7 Å². The highest BCUT2D eigenvalue weighted by atomic mass is 32.2. The standard InChI is InChI=1S/C12H23NO5S/c1-9(2)18-5-6-19(15,16)13-7-10(3)11(8-13)12(14)17-4/h9-11H,5-8H2,1-4H3. The van der Waals surface area contributed by atoms with Crippen molar-refractivity contribution in [3.8, 4) is 0 Å². The molecular formula is C12H23NO5S. The van der Waals surface area contributed by atoms with E-state index in [1.807, 2.05) is 20.8 Å². The number of nitrogens with zero attached hydrogens (tertiary/aromatic N) is 1. The maximum atomic E-state index is 12.1. The van der Waals surface area contributed by atoms with Gasteiger partial charge < -0.3 is 9.47 Å². The minimum atomic E-state index is -3.36. The van der Waals surface area contributed by atoms with Crippen LogP contribution in [0.3, 0.4) is 0 Å². The molecule has 0 aromatic rings. The Bertz CT molecular complexity index is 406.